The van der Waals surface area contributed by atoms with Gasteiger partial charge < -0.3 is 15.1 Å². The highest BCUT2D eigenvalue weighted by Gasteiger charge is 2.37. The average Bonchev–Trinajstić information content (AvgIpc) is 2.58. The summed E-state index contributed by atoms with van der Waals surface area (Å²) in [4.78, 5) is 38.8. The van der Waals surface area contributed by atoms with Crippen molar-refractivity contribution < 1.29 is 24.6 Å². The Morgan fingerprint density at radius 1 is 1.08 bits per heavy atom. The molecule has 1 fully saturated rings. The standard InChI is InChI=1S/C19H27NO5/c1-11-12(2)17(23)15(13(3)16(11)22)5-8-19(4,25)18(24)20-9-6-14(21)7-10-20/h14,21,25H,5-10H2,1-4H3. The molecule has 1 saturated heterocycles. The number of amides is 1. The van der Waals surface area contributed by atoms with Gasteiger partial charge in [0.05, 0.1) is 6.10 Å². The largest absolute Gasteiger partial charge is 0.393 e. The van der Waals surface area contributed by atoms with Crippen molar-refractivity contribution in [2.45, 2.75) is 65.1 Å². The number of aliphatic hydroxyl groups excluding tert-OH is 1. The van der Waals surface area contributed by atoms with E-state index in [9.17, 15) is 24.6 Å². The van der Waals surface area contributed by atoms with Crippen LogP contribution in [0.5, 0.6) is 0 Å². The van der Waals surface area contributed by atoms with E-state index in [0.717, 1.165) is 0 Å². The molecule has 2 rings (SSSR count). The van der Waals surface area contributed by atoms with E-state index >= 15 is 0 Å². The van der Waals surface area contributed by atoms with Gasteiger partial charge >= 0.3 is 0 Å². The first kappa shape index (κ1) is 19.5. The maximum atomic E-state index is 12.6. The summed E-state index contributed by atoms with van der Waals surface area (Å²) >= 11 is 0. The Morgan fingerprint density at radius 3 is 2.16 bits per heavy atom. The van der Waals surface area contributed by atoms with Crippen LogP contribution in [0.2, 0.25) is 0 Å². The normalized spacial score (nSPS) is 22.6. The molecule has 6 nitrogen and oxygen atoms in total. The summed E-state index contributed by atoms with van der Waals surface area (Å²) in [5.41, 5.74) is 0.0680. The molecule has 2 aliphatic rings. The smallest absolute Gasteiger partial charge is 0.254 e. The molecule has 0 aromatic carbocycles. The van der Waals surface area contributed by atoms with E-state index in [1.807, 2.05) is 0 Å². The fourth-order valence-corrected chi connectivity index (χ4v) is 3.34. The number of aliphatic hydroxyl groups is 2. The van der Waals surface area contributed by atoms with Gasteiger partial charge in [0, 0.05) is 35.4 Å². The first-order valence-electron chi connectivity index (χ1n) is 8.72. The molecule has 25 heavy (non-hydrogen) atoms. The van der Waals surface area contributed by atoms with Crippen LogP contribution in [0.4, 0.5) is 0 Å². The Morgan fingerprint density at radius 2 is 1.60 bits per heavy atom. The number of nitrogens with zero attached hydrogens (tertiary/aromatic N) is 1. The van der Waals surface area contributed by atoms with Gasteiger partial charge in [0.1, 0.15) is 5.60 Å². The molecule has 0 radical (unpaired) electrons. The van der Waals surface area contributed by atoms with E-state index in [0.29, 0.717) is 48.2 Å². The lowest BCUT2D eigenvalue weighted by atomic mass is 9.82. The van der Waals surface area contributed by atoms with Gasteiger partial charge in [-0.25, -0.2) is 0 Å². The zero-order chi connectivity index (χ0) is 18.9. The lowest BCUT2D eigenvalue weighted by molar-refractivity contribution is -0.152. The predicted molar refractivity (Wildman–Crippen MR) is 92.8 cm³/mol. The summed E-state index contributed by atoms with van der Waals surface area (Å²) in [6.07, 6.45) is 0.856. The minimum Gasteiger partial charge on any atom is -0.393 e. The molecule has 1 atom stereocenters. The maximum absolute atomic E-state index is 12.6. The van der Waals surface area contributed by atoms with E-state index < -0.39 is 17.6 Å². The van der Waals surface area contributed by atoms with E-state index in [2.05, 4.69) is 0 Å². The van der Waals surface area contributed by atoms with Crippen molar-refractivity contribution in [1.29, 1.82) is 0 Å². The van der Waals surface area contributed by atoms with Gasteiger partial charge in [-0.05, 0) is 53.4 Å². The van der Waals surface area contributed by atoms with Crippen LogP contribution in [-0.2, 0) is 14.4 Å². The molecule has 1 amide bonds. The molecule has 0 aromatic rings. The Hall–Kier alpha value is -1.79. The fraction of sp³-hybridized carbons (Fsp3) is 0.632. The van der Waals surface area contributed by atoms with Gasteiger partial charge in [-0.15, -0.1) is 0 Å². The highest BCUT2D eigenvalue weighted by molar-refractivity contribution is 6.24. The molecule has 1 unspecified atom stereocenters. The molecular weight excluding hydrogens is 322 g/mol. The third kappa shape index (κ3) is 3.90. The number of Topliss-reactive ketones (excluding diaryl/α,β-unsaturated/α-hetero) is 2. The third-order valence-electron chi connectivity index (χ3n) is 5.39. The molecule has 0 bridgehead atoms. The van der Waals surface area contributed by atoms with E-state index in [4.69, 9.17) is 0 Å². The second-order valence-electron chi connectivity index (χ2n) is 7.31. The van der Waals surface area contributed by atoms with Crippen LogP contribution < -0.4 is 0 Å². The number of piperidine rings is 1. The third-order valence-corrected chi connectivity index (χ3v) is 5.39. The quantitative estimate of drug-likeness (QED) is 0.746. The summed E-state index contributed by atoms with van der Waals surface area (Å²) in [7, 11) is 0. The average molecular weight is 349 g/mol. The minimum atomic E-state index is -1.61. The number of carbonyl (C=O) groups is 3. The van der Waals surface area contributed by atoms with E-state index in [-0.39, 0.29) is 24.4 Å². The van der Waals surface area contributed by atoms with Crippen molar-refractivity contribution in [1.82, 2.24) is 4.90 Å². The van der Waals surface area contributed by atoms with Crippen molar-refractivity contribution >= 4 is 17.5 Å². The zero-order valence-corrected chi connectivity index (χ0v) is 15.4. The lowest BCUT2D eigenvalue weighted by Gasteiger charge is -2.35. The Bertz CT molecular complexity index is 663. The lowest BCUT2D eigenvalue weighted by Crippen LogP contribution is -2.50. The molecule has 138 valence electrons. The van der Waals surface area contributed by atoms with Gasteiger partial charge in [-0.2, -0.15) is 0 Å². The number of likely N-dealkylation sites (tertiary alicyclic amines) is 1. The number of rotatable bonds is 4. The summed E-state index contributed by atoms with van der Waals surface area (Å²) in [5.74, 6) is -0.724. The van der Waals surface area contributed by atoms with Crippen LogP contribution in [0, 0.1) is 0 Å². The zero-order valence-electron chi connectivity index (χ0n) is 15.4. The van der Waals surface area contributed by atoms with Gasteiger partial charge in [0.2, 0.25) is 0 Å². The van der Waals surface area contributed by atoms with Crippen LogP contribution in [0.25, 0.3) is 0 Å². The number of ketones is 2. The Kier molecular flexibility index (Phi) is 5.64. The Balaban J connectivity index is 2.07. The van der Waals surface area contributed by atoms with Crippen LogP contribution in [-0.4, -0.2) is 57.4 Å². The predicted octanol–water partition coefficient (Wildman–Crippen LogP) is 1.31. The molecule has 1 aliphatic carbocycles. The van der Waals surface area contributed by atoms with Crippen LogP contribution in [0.15, 0.2) is 22.3 Å². The molecular formula is C19H27NO5. The summed E-state index contributed by atoms with van der Waals surface area (Å²) < 4.78 is 0. The fourth-order valence-electron chi connectivity index (χ4n) is 3.34. The van der Waals surface area contributed by atoms with Crippen molar-refractivity contribution in [3.8, 4) is 0 Å². The molecule has 1 heterocycles. The number of carbonyl (C=O) groups excluding carboxylic acids is 3. The van der Waals surface area contributed by atoms with Crippen LogP contribution >= 0.6 is 0 Å². The van der Waals surface area contributed by atoms with Gasteiger partial charge in [0.25, 0.3) is 5.91 Å². The van der Waals surface area contributed by atoms with Gasteiger partial charge in [-0.3, -0.25) is 14.4 Å². The summed E-state index contributed by atoms with van der Waals surface area (Å²) in [6.45, 7) is 7.16. The maximum Gasteiger partial charge on any atom is 0.254 e. The molecule has 6 heteroatoms. The summed E-state index contributed by atoms with van der Waals surface area (Å²) in [6, 6.07) is 0. The van der Waals surface area contributed by atoms with Crippen molar-refractivity contribution in [3.63, 3.8) is 0 Å². The number of allylic oxidation sites excluding steroid dienone is 4. The Labute approximate surface area is 148 Å². The summed E-state index contributed by atoms with van der Waals surface area (Å²) in [5, 5.41) is 20.1. The SMILES string of the molecule is CC1=C(C)C(=O)C(CCC(C)(O)C(=O)N2CCC(O)CC2)=C(C)C1=O. The van der Waals surface area contributed by atoms with Crippen molar-refractivity contribution in [3.05, 3.63) is 22.3 Å². The van der Waals surface area contributed by atoms with Gasteiger partial charge in [-0.1, -0.05) is 0 Å². The minimum absolute atomic E-state index is 0.0723. The van der Waals surface area contributed by atoms with Crippen molar-refractivity contribution in [2.24, 2.45) is 0 Å². The first-order chi connectivity index (χ1) is 11.6. The topological polar surface area (TPSA) is 94.9 Å². The second-order valence-corrected chi connectivity index (χ2v) is 7.31. The molecule has 1 aliphatic heterocycles. The van der Waals surface area contributed by atoms with E-state index in [1.54, 1.807) is 25.7 Å². The molecule has 0 saturated carbocycles. The molecule has 0 spiro atoms. The second kappa shape index (κ2) is 7.22. The van der Waals surface area contributed by atoms with Gasteiger partial charge in [0.15, 0.2) is 11.6 Å². The number of hydrogen-bond donors (Lipinski definition) is 2. The highest BCUT2D eigenvalue weighted by Crippen LogP contribution is 2.29. The first-order valence-corrected chi connectivity index (χ1v) is 8.72. The molecule has 0 aromatic heterocycles. The highest BCUT2D eigenvalue weighted by atomic mass is 16.3. The monoisotopic (exact) mass is 349 g/mol. The molecule has 2 N–H and O–H groups in total. The number of hydrogen-bond acceptors (Lipinski definition) is 5. The van der Waals surface area contributed by atoms with Crippen molar-refractivity contribution in [2.75, 3.05) is 13.1 Å². The van der Waals surface area contributed by atoms with Crippen LogP contribution in [0.1, 0.15) is 53.4 Å². The van der Waals surface area contributed by atoms with Crippen LogP contribution in [0.3, 0.4) is 0 Å². The van der Waals surface area contributed by atoms with E-state index in [1.165, 1.54) is 6.92 Å².